The van der Waals surface area contributed by atoms with Crippen molar-refractivity contribution in [3.63, 3.8) is 0 Å². The Labute approximate surface area is 112 Å². The van der Waals surface area contributed by atoms with Crippen molar-refractivity contribution in [2.45, 2.75) is 0 Å². The van der Waals surface area contributed by atoms with Gasteiger partial charge in [-0.1, -0.05) is 0 Å². The lowest BCUT2D eigenvalue weighted by molar-refractivity contribution is 0.0453. The fourth-order valence-electron chi connectivity index (χ4n) is 1.40. The summed E-state index contributed by atoms with van der Waals surface area (Å²) in [4.78, 5) is 11.8. The second-order valence-electron chi connectivity index (χ2n) is 3.62. The maximum atomic E-state index is 11.8. The zero-order valence-electron chi connectivity index (χ0n) is 11.3. The number of rotatable bonds is 9. The molecule has 0 N–H and O–H groups in total. The number of carbonyl (C=O) groups is 1. The summed E-state index contributed by atoms with van der Waals surface area (Å²) in [6.07, 6.45) is 0. The van der Waals surface area contributed by atoms with E-state index in [0.717, 1.165) is 0 Å². The molecule has 0 amide bonds. The molecule has 0 aliphatic rings. The van der Waals surface area contributed by atoms with Crippen LogP contribution in [0, 0.1) is 0 Å². The number of ketones is 1. The summed E-state index contributed by atoms with van der Waals surface area (Å²) in [7, 11) is 4.49. The second kappa shape index (κ2) is 8.47. The van der Waals surface area contributed by atoms with E-state index in [1.165, 1.54) is 21.3 Å². The second-order valence-corrected chi connectivity index (χ2v) is 3.62. The van der Waals surface area contributed by atoms with Gasteiger partial charge >= 0.3 is 0 Å². The maximum Gasteiger partial charge on any atom is 0.192 e. The van der Waals surface area contributed by atoms with E-state index in [0.29, 0.717) is 17.1 Å². The summed E-state index contributed by atoms with van der Waals surface area (Å²) in [6.45, 7) is 0.150. The molecule has 0 aliphatic carbocycles. The van der Waals surface area contributed by atoms with Crippen molar-refractivity contribution in [1.29, 1.82) is 0 Å². The molecule has 1 aromatic carbocycles. The monoisotopic (exact) mass is 270 g/mol. The van der Waals surface area contributed by atoms with Gasteiger partial charge < -0.3 is 23.7 Å². The van der Waals surface area contributed by atoms with E-state index < -0.39 is 0 Å². The Morgan fingerprint density at radius 2 is 1.68 bits per heavy atom. The molecule has 0 saturated carbocycles. The van der Waals surface area contributed by atoms with Gasteiger partial charge in [-0.05, 0) is 12.1 Å². The van der Waals surface area contributed by atoms with Gasteiger partial charge in [0.2, 0.25) is 0 Å². The van der Waals surface area contributed by atoms with Crippen LogP contribution in [0.2, 0.25) is 0 Å². The van der Waals surface area contributed by atoms with Crippen LogP contribution in [-0.4, -0.2) is 47.3 Å². The van der Waals surface area contributed by atoms with Gasteiger partial charge in [0.15, 0.2) is 19.4 Å². The fourth-order valence-corrected chi connectivity index (χ4v) is 1.40. The van der Waals surface area contributed by atoms with E-state index in [1.54, 1.807) is 18.2 Å². The molecule has 106 valence electrons. The third-order valence-corrected chi connectivity index (χ3v) is 2.20. The van der Waals surface area contributed by atoms with Crippen LogP contribution < -0.4 is 9.47 Å². The summed E-state index contributed by atoms with van der Waals surface area (Å²) in [5, 5.41) is 0. The summed E-state index contributed by atoms with van der Waals surface area (Å²) >= 11 is 0. The first-order valence-corrected chi connectivity index (χ1v) is 5.62. The van der Waals surface area contributed by atoms with Gasteiger partial charge in [0.1, 0.15) is 18.1 Å². The van der Waals surface area contributed by atoms with E-state index >= 15 is 0 Å². The number of methoxy groups -OCH3 is 3. The van der Waals surface area contributed by atoms with Crippen molar-refractivity contribution in [1.82, 2.24) is 0 Å². The standard InChI is InChI=1S/C13H18O6/c1-15-7-12(14)11-5-4-10(18-8-16-2)6-13(11)19-9-17-3/h4-6H,7-9H2,1-3H3. The Hall–Kier alpha value is -1.63. The molecule has 6 heteroatoms. The predicted molar refractivity (Wildman–Crippen MR) is 67.7 cm³/mol. The lowest BCUT2D eigenvalue weighted by Gasteiger charge is -2.12. The van der Waals surface area contributed by atoms with Crippen LogP contribution in [0.5, 0.6) is 11.5 Å². The Morgan fingerprint density at radius 3 is 2.32 bits per heavy atom. The molecule has 6 nitrogen and oxygen atoms in total. The SMILES string of the molecule is COCOc1ccc(C(=O)COC)c(OCOC)c1. The van der Waals surface area contributed by atoms with Gasteiger partial charge in [-0.15, -0.1) is 0 Å². The van der Waals surface area contributed by atoms with Crippen LogP contribution in [-0.2, 0) is 14.2 Å². The zero-order valence-corrected chi connectivity index (χ0v) is 11.3. The number of benzene rings is 1. The quantitative estimate of drug-likeness (QED) is 0.500. The Morgan fingerprint density at radius 1 is 1.00 bits per heavy atom. The average Bonchev–Trinajstić information content (AvgIpc) is 2.43. The molecule has 0 spiro atoms. The highest BCUT2D eigenvalue weighted by Crippen LogP contribution is 2.25. The van der Waals surface area contributed by atoms with Gasteiger partial charge in [-0.2, -0.15) is 0 Å². The summed E-state index contributed by atoms with van der Waals surface area (Å²) in [6, 6.07) is 4.90. The average molecular weight is 270 g/mol. The van der Waals surface area contributed by atoms with Crippen molar-refractivity contribution in [3.05, 3.63) is 23.8 Å². The van der Waals surface area contributed by atoms with Gasteiger partial charge in [0.05, 0.1) is 5.56 Å². The molecule has 0 radical (unpaired) electrons. The molecule has 0 aliphatic heterocycles. The molecule has 0 bridgehead atoms. The molecule has 0 aromatic heterocycles. The minimum absolute atomic E-state index is 0.0123. The molecule has 0 saturated heterocycles. The van der Waals surface area contributed by atoms with Crippen molar-refractivity contribution in [2.24, 2.45) is 0 Å². The summed E-state index contributed by atoms with van der Waals surface area (Å²) in [5.74, 6) is 0.756. The van der Waals surface area contributed by atoms with Crippen LogP contribution >= 0.6 is 0 Å². The number of Topliss-reactive ketones (excluding diaryl/α,β-unsaturated/α-hetero) is 1. The highest BCUT2D eigenvalue weighted by molar-refractivity contribution is 5.99. The summed E-state index contributed by atoms with van der Waals surface area (Å²) in [5.41, 5.74) is 0.420. The van der Waals surface area contributed by atoms with Crippen LogP contribution in [0.4, 0.5) is 0 Å². The van der Waals surface area contributed by atoms with E-state index in [4.69, 9.17) is 23.7 Å². The van der Waals surface area contributed by atoms with Gasteiger partial charge in [-0.25, -0.2) is 0 Å². The number of hydrogen-bond donors (Lipinski definition) is 0. The highest BCUT2D eigenvalue weighted by atomic mass is 16.7. The normalized spacial score (nSPS) is 10.3. The molecule has 1 rings (SSSR count). The van der Waals surface area contributed by atoms with E-state index in [2.05, 4.69) is 0 Å². The third-order valence-electron chi connectivity index (χ3n) is 2.20. The number of ether oxygens (including phenoxy) is 5. The van der Waals surface area contributed by atoms with E-state index in [1.807, 2.05) is 0 Å². The molecule has 0 heterocycles. The van der Waals surface area contributed by atoms with Gasteiger partial charge in [-0.3, -0.25) is 4.79 Å². The van der Waals surface area contributed by atoms with Gasteiger partial charge in [0.25, 0.3) is 0 Å². The first-order valence-electron chi connectivity index (χ1n) is 5.62. The molecular formula is C13H18O6. The molecule has 0 atom stereocenters. The number of carbonyl (C=O) groups excluding carboxylic acids is 1. The van der Waals surface area contributed by atoms with E-state index in [-0.39, 0.29) is 26.0 Å². The van der Waals surface area contributed by atoms with Crippen molar-refractivity contribution >= 4 is 5.78 Å². The summed E-state index contributed by atoms with van der Waals surface area (Å²) < 4.78 is 25.1. The first-order chi connectivity index (χ1) is 9.22. The van der Waals surface area contributed by atoms with E-state index in [9.17, 15) is 4.79 Å². The third kappa shape index (κ3) is 4.86. The molecule has 0 unspecified atom stereocenters. The van der Waals surface area contributed by atoms with Crippen LogP contribution in [0.1, 0.15) is 10.4 Å². The minimum Gasteiger partial charge on any atom is -0.467 e. The molecule has 1 aromatic rings. The lowest BCUT2D eigenvalue weighted by Crippen LogP contribution is -2.11. The molecule has 0 fully saturated rings. The lowest BCUT2D eigenvalue weighted by atomic mass is 10.1. The van der Waals surface area contributed by atoms with Crippen LogP contribution in [0.3, 0.4) is 0 Å². The van der Waals surface area contributed by atoms with Crippen molar-refractivity contribution < 1.29 is 28.5 Å². The molecule has 19 heavy (non-hydrogen) atoms. The predicted octanol–water partition coefficient (Wildman–Crippen LogP) is 1.48. The van der Waals surface area contributed by atoms with Crippen LogP contribution in [0.25, 0.3) is 0 Å². The fraction of sp³-hybridized carbons (Fsp3) is 0.462. The van der Waals surface area contributed by atoms with Crippen molar-refractivity contribution in [2.75, 3.05) is 41.5 Å². The molecular weight excluding hydrogens is 252 g/mol. The largest absolute Gasteiger partial charge is 0.467 e. The van der Waals surface area contributed by atoms with Gasteiger partial charge in [0, 0.05) is 27.4 Å². The Kier molecular flexibility index (Phi) is 6.88. The Bertz CT molecular complexity index is 404. The van der Waals surface area contributed by atoms with Crippen LogP contribution in [0.15, 0.2) is 18.2 Å². The highest BCUT2D eigenvalue weighted by Gasteiger charge is 2.14. The van der Waals surface area contributed by atoms with Crippen molar-refractivity contribution in [3.8, 4) is 11.5 Å². The minimum atomic E-state index is -0.174. The number of hydrogen-bond acceptors (Lipinski definition) is 6. The first kappa shape index (κ1) is 15.4. The maximum absolute atomic E-state index is 11.8. The topological polar surface area (TPSA) is 63.2 Å². The Balaban J connectivity index is 2.91. The zero-order chi connectivity index (χ0) is 14.1. The smallest absolute Gasteiger partial charge is 0.192 e.